The summed E-state index contributed by atoms with van der Waals surface area (Å²) in [6, 6.07) is 54.2. The molecule has 2 aliphatic rings. The number of nitriles is 2. The molecular weight excluding hydrogens is 1500 g/mol. The number of phenols is 4. The summed E-state index contributed by atoms with van der Waals surface area (Å²) in [5.41, 5.74) is 24.6. The van der Waals surface area contributed by atoms with E-state index in [0.717, 1.165) is 48.5 Å². The first-order valence-corrected chi connectivity index (χ1v) is 34.0. The summed E-state index contributed by atoms with van der Waals surface area (Å²) in [6.07, 6.45) is 0. The summed E-state index contributed by atoms with van der Waals surface area (Å²) < 4.78 is 111. The summed E-state index contributed by atoms with van der Waals surface area (Å²) in [5.74, 6) is -5.53. The molecule has 12 N–H and O–H groups in total. The molecule has 0 aromatic heterocycles. The number of oxime groups is 2. The minimum atomic E-state index is -0.846. The number of benzene rings is 12. The Morgan fingerprint density at radius 3 is 0.893 bits per heavy atom. The number of hydrogen-bond donors (Lipinski definition) is 10. The van der Waals surface area contributed by atoms with Gasteiger partial charge in [0.2, 0.25) is 0 Å². The third kappa shape index (κ3) is 18.7. The van der Waals surface area contributed by atoms with Crippen LogP contribution in [0.25, 0.3) is 89.0 Å². The van der Waals surface area contributed by atoms with Gasteiger partial charge >= 0.3 is 0 Å². The van der Waals surface area contributed by atoms with E-state index in [9.17, 15) is 66.1 Å². The van der Waals surface area contributed by atoms with Gasteiger partial charge in [0, 0.05) is 78.8 Å². The van der Waals surface area contributed by atoms with Gasteiger partial charge in [0.15, 0.2) is 34.8 Å². The summed E-state index contributed by atoms with van der Waals surface area (Å²) in [7, 11) is 0. The zero-order valence-corrected chi connectivity index (χ0v) is 60.4. The van der Waals surface area contributed by atoms with Crippen molar-refractivity contribution in [2.45, 2.75) is 39.1 Å². The van der Waals surface area contributed by atoms with Crippen molar-refractivity contribution in [2.75, 3.05) is 0 Å². The number of rotatable bonds is 12. The number of hydroxylamine groups is 2. The number of nitrogens with two attached hydrogens (primary N) is 2. The number of halogens is 10. The first-order chi connectivity index (χ1) is 53.3. The Morgan fingerprint density at radius 1 is 0.357 bits per heavy atom. The lowest BCUT2D eigenvalue weighted by Gasteiger charge is -2.17. The highest BCUT2D eigenvalue weighted by Gasteiger charge is 2.32. The summed E-state index contributed by atoms with van der Waals surface area (Å²) >= 11 is 12.5. The maximum Gasteiger partial charge on any atom is 0.182 e. The highest BCUT2D eigenvalue weighted by atomic mass is 35.5. The number of nitrogens with one attached hydrogen (secondary N) is 2. The highest BCUT2D eigenvalue weighted by Crippen LogP contribution is 2.44. The number of phenolic OH excluding ortho intramolecular Hbond substituents is 4. The van der Waals surface area contributed by atoms with Crippen molar-refractivity contribution in [2.24, 2.45) is 31.8 Å². The van der Waals surface area contributed by atoms with E-state index in [4.69, 9.17) is 54.8 Å². The molecule has 0 bridgehead atoms. The minimum Gasteiger partial charge on any atom is -0.508 e. The Hall–Kier alpha value is -13.8. The van der Waals surface area contributed by atoms with Gasteiger partial charge in [-0.2, -0.15) is 10.5 Å². The number of amidine groups is 4. The quantitative estimate of drug-likeness (QED) is 0.0179. The second-order valence-corrected chi connectivity index (χ2v) is 26.8. The Kier molecular flexibility index (Phi) is 23.6. The van der Waals surface area contributed by atoms with E-state index in [1.165, 1.54) is 91.0 Å². The third-order valence-electron chi connectivity index (χ3n) is 16.9. The minimum absolute atomic E-state index is 0.0326. The molecule has 0 radical (unpaired) electrons. The standard InChI is InChI=1S/C23H17F2N3O2.C22H17ClF2N2O2.C20H13F2N3O2.C19H13ClF2N2O2/c1-23(2)27-22(28-30-23)20-8-13(12-26)7-19(14-3-5-18(29)6-4-14)21(20)15-9-16(24)11-17(25)10-15;1-22(2)26-21(27-29-22)19-10-14(23)9-18(12-3-5-17(28)6-4-12)20(19)13-7-15(24)11-16(25)8-13;21-14-7-13(8-15(22)9-14)19-17(12-1-3-16(26)4-2-12)5-11(10-23)6-18(19)20(24)25-27;20-12-7-16(10-1-3-15(25)4-2-10)18(17(8-12)19(23)24-26)11-5-13(21)9-14(22)6-11/h3-11,29H,1-2H3,(H,27,28);3-11,28H,1-2H3,(H,26,27);1-9,26-27H,(H2,24,25);1-9,25-26H,(H2,23,24). The van der Waals surface area contributed by atoms with Gasteiger partial charge < -0.3 is 42.3 Å². The molecule has 0 atom stereocenters. The van der Waals surface area contributed by atoms with Gasteiger partial charge in [-0.15, -0.1) is 0 Å². The molecule has 2 aliphatic heterocycles. The second kappa shape index (κ2) is 33.4. The number of aliphatic imine (C=N–C) groups is 2. The van der Waals surface area contributed by atoms with Crippen molar-refractivity contribution >= 4 is 46.5 Å². The van der Waals surface area contributed by atoms with Crippen LogP contribution in [0.4, 0.5) is 35.1 Å². The number of nitrogens with zero attached hydrogens (tertiary/aromatic N) is 6. The van der Waals surface area contributed by atoms with Gasteiger partial charge in [0.1, 0.15) is 69.5 Å². The van der Waals surface area contributed by atoms with Crippen LogP contribution in [0.3, 0.4) is 0 Å². The van der Waals surface area contributed by atoms with Gasteiger partial charge in [0.25, 0.3) is 0 Å². The van der Waals surface area contributed by atoms with E-state index < -0.39 is 58.0 Å². The molecule has 14 rings (SSSR count). The zero-order chi connectivity index (χ0) is 80.6. The van der Waals surface area contributed by atoms with Crippen LogP contribution in [-0.2, 0) is 9.68 Å². The van der Waals surface area contributed by atoms with Crippen molar-refractivity contribution in [1.82, 2.24) is 11.0 Å². The smallest absolute Gasteiger partial charge is 0.182 e. The van der Waals surface area contributed by atoms with Crippen molar-refractivity contribution in [3.8, 4) is 124 Å². The van der Waals surface area contributed by atoms with Gasteiger partial charge in [-0.05, 0) is 240 Å². The van der Waals surface area contributed by atoms with Gasteiger partial charge in [-0.3, -0.25) is 0 Å². The highest BCUT2D eigenvalue weighted by molar-refractivity contribution is 6.32. The topological polar surface area (TPSA) is 313 Å². The van der Waals surface area contributed by atoms with Gasteiger partial charge in [-0.1, -0.05) is 82.0 Å². The fraction of sp³-hybridized carbons (Fsp3) is 0.0714. The Morgan fingerprint density at radius 2 is 0.598 bits per heavy atom. The number of aromatic hydroxyl groups is 4. The molecule has 564 valence electrons. The Bertz CT molecular complexity index is 5780. The monoisotopic (exact) mass is 1560 g/mol. The molecule has 28 heteroatoms. The van der Waals surface area contributed by atoms with Crippen LogP contribution in [0.1, 0.15) is 61.1 Å². The maximum atomic E-state index is 14.1. The van der Waals surface area contributed by atoms with Crippen molar-refractivity contribution in [1.29, 1.82) is 10.5 Å². The molecule has 0 aliphatic carbocycles. The van der Waals surface area contributed by atoms with Crippen molar-refractivity contribution in [3.05, 3.63) is 308 Å². The van der Waals surface area contributed by atoms with Crippen molar-refractivity contribution < 1.29 is 75.6 Å². The molecule has 0 saturated carbocycles. The van der Waals surface area contributed by atoms with Crippen LogP contribution in [0, 0.1) is 69.2 Å². The van der Waals surface area contributed by atoms with E-state index in [2.05, 4.69) is 37.3 Å². The van der Waals surface area contributed by atoms with Crippen LogP contribution >= 0.6 is 23.2 Å². The zero-order valence-electron chi connectivity index (χ0n) is 58.9. The molecule has 2 heterocycles. The number of hydrogen-bond acceptors (Lipinski definition) is 16. The van der Waals surface area contributed by atoms with Crippen molar-refractivity contribution in [3.63, 3.8) is 0 Å². The molecule has 0 fully saturated rings. The first kappa shape index (κ1) is 79.3. The van der Waals surface area contributed by atoms with Crippen LogP contribution < -0.4 is 22.4 Å². The maximum absolute atomic E-state index is 14.1. The first-order valence-electron chi connectivity index (χ1n) is 33.2. The van der Waals surface area contributed by atoms with E-state index in [0.29, 0.717) is 100 Å². The molecule has 18 nitrogen and oxygen atoms in total. The molecule has 112 heavy (non-hydrogen) atoms. The van der Waals surface area contributed by atoms with Crippen LogP contribution in [-0.4, -0.2) is 65.6 Å². The summed E-state index contributed by atoms with van der Waals surface area (Å²) in [6.45, 7) is 7.06. The Balaban J connectivity index is 0.000000148. The lowest BCUT2D eigenvalue weighted by molar-refractivity contribution is -0.0272. The SMILES string of the molecule is CC1(C)N=C(c2cc(C#N)cc(-c3ccc(O)cc3)c2-c2cc(F)cc(F)c2)NO1.CC1(C)N=C(c2cc(Cl)cc(-c3ccc(O)cc3)c2-c2cc(F)cc(F)c2)NO1.N#Cc1cc(/C(N)=N/O)c(-c2cc(F)cc(F)c2)c(-c2ccc(O)cc2)c1.N/C(=N\O)c1cc(Cl)cc(-c2ccc(O)cc2)c1-c1cc(F)cc(F)c1. The molecule has 0 unspecified atom stereocenters. The van der Waals surface area contributed by atoms with Gasteiger partial charge in [0.05, 0.1) is 23.3 Å². The molecule has 12 aromatic rings. The molecule has 12 aromatic carbocycles. The second-order valence-electron chi connectivity index (χ2n) is 25.9. The lowest BCUT2D eigenvalue weighted by Crippen LogP contribution is -2.23. The third-order valence-corrected chi connectivity index (χ3v) is 17.3. The van der Waals surface area contributed by atoms with E-state index in [-0.39, 0.29) is 78.6 Å². The average Bonchev–Trinajstić information content (AvgIpc) is 0.971. The molecule has 0 spiro atoms. The molecule has 0 amide bonds. The predicted molar refractivity (Wildman–Crippen MR) is 410 cm³/mol. The Labute approximate surface area is 643 Å². The van der Waals surface area contributed by atoms with Crippen LogP contribution in [0.2, 0.25) is 10.0 Å². The predicted octanol–water partition coefficient (Wildman–Crippen LogP) is 19.3. The van der Waals surface area contributed by atoms with E-state index >= 15 is 0 Å². The van der Waals surface area contributed by atoms with Gasteiger partial charge in [-0.25, -0.2) is 65.7 Å². The van der Waals surface area contributed by atoms with E-state index in [1.807, 2.05) is 6.07 Å². The molecule has 0 saturated heterocycles. The molecular formula is C84H60Cl2F8N10O8. The summed E-state index contributed by atoms with van der Waals surface area (Å²) in [4.78, 5) is 19.9. The van der Waals surface area contributed by atoms with E-state index in [1.54, 1.807) is 107 Å². The largest absolute Gasteiger partial charge is 0.508 e. The van der Waals surface area contributed by atoms with Crippen LogP contribution in [0.15, 0.2) is 239 Å². The fourth-order valence-electron chi connectivity index (χ4n) is 12.2. The fourth-order valence-corrected chi connectivity index (χ4v) is 12.7. The van der Waals surface area contributed by atoms with Crippen LogP contribution in [0.5, 0.6) is 23.0 Å². The summed E-state index contributed by atoms with van der Waals surface area (Å²) in [5, 5.41) is 82.1. The average molecular weight is 1560 g/mol. The normalized spacial score (nSPS) is 13.2. The lowest BCUT2D eigenvalue weighted by atomic mass is 9.88.